The Morgan fingerprint density at radius 2 is 1.96 bits per heavy atom. The molecule has 0 radical (unpaired) electrons. The normalized spacial score (nSPS) is 13.5. The maximum Gasteiger partial charge on any atom is 0.254 e. The van der Waals surface area contributed by atoms with Gasteiger partial charge in [-0.3, -0.25) is 4.79 Å². The number of hydrogen-bond acceptors (Lipinski definition) is 4. The molecule has 1 heterocycles. The van der Waals surface area contributed by atoms with Gasteiger partial charge in [0, 0.05) is 16.3 Å². The van der Waals surface area contributed by atoms with Crippen LogP contribution in [0.5, 0.6) is 5.75 Å². The van der Waals surface area contributed by atoms with E-state index in [-0.39, 0.29) is 5.56 Å². The molecule has 1 aromatic heterocycles. The summed E-state index contributed by atoms with van der Waals surface area (Å²) in [5.74, 6) is 1.76. The molecule has 0 fully saturated rings. The highest BCUT2D eigenvalue weighted by molar-refractivity contribution is 7.99. The Labute approximate surface area is 151 Å². The Balaban J connectivity index is 1.40. The van der Waals surface area contributed by atoms with Gasteiger partial charge in [0.2, 0.25) is 0 Å². The fourth-order valence-electron chi connectivity index (χ4n) is 2.74. The molecular formula is C18H21ClN2O2S. The summed E-state index contributed by atoms with van der Waals surface area (Å²) in [6, 6.07) is 7.40. The number of H-pyrrole nitrogens is 1. The molecule has 1 aliphatic rings. The molecule has 3 rings (SSSR count). The molecule has 0 saturated heterocycles. The van der Waals surface area contributed by atoms with E-state index in [1.54, 1.807) is 11.8 Å². The third-order valence-corrected chi connectivity index (χ3v) is 5.24. The summed E-state index contributed by atoms with van der Waals surface area (Å²) >= 11 is 7.45. The van der Waals surface area contributed by atoms with Crippen molar-refractivity contribution in [3.63, 3.8) is 0 Å². The predicted octanol–water partition coefficient (Wildman–Crippen LogP) is 4.25. The van der Waals surface area contributed by atoms with E-state index in [1.807, 2.05) is 24.3 Å². The number of aryl methyl sites for hydroxylation is 1. The second kappa shape index (κ2) is 8.58. The number of hydrogen-bond donors (Lipinski definition) is 1. The largest absolute Gasteiger partial charge is 0.494 e. The molecule has 1 N–H and O–H groups in total. The average molecular weight is 365 g/mol. The monoisotopic (exact) mass is 364 g/mol. The lowest BCUT2D eigenvalue weighted by atomic mass is 9.97. The van der Waals surface area contributed by atoms with Crippen LogP contribution in [0.25, 0.3) is 0 Å². The van der Waals surface area contributed by atoms with Crippen LogP contribution in [0.4, 0.5) is 0 Å². The summed E-state index contributed by atoms with van der Waals surface area (Å²) in [5, 5.41) is 1.46. The average Bonchev–Trinajstić information content (AvgIpc) is 2.60. The summed E-state index contributed by atoms with van der Waals surface area (Å²) < 4.78 is 5.67. The first kappa shape index (κ1) is 17.4. The van der Waals surface area contributed by atoms with Crippen molar-refractivity contribution >= 4 is 23.4 Å². The number of halogens is 1. The molecule has 0 spiro atoms. The quantitative estimate of drug-likeness (QED) is 0.453. The molecule has 1 aliphatic carbocycles. The van der Waals surface area contributed by atoms with Gasteiger partial charge in [0.25, 0.3) is 5.56 Å². The standard InChI is InChI=1S/C18H21ClN2O2S/c19-13-7-9-14(10-8-13)23-11-3-4-12-24-18-20-16-6-2-1-5-15(16)17(22)21-18/h7-10H,1-6,11-12H2,(H,20,21,22). The van der Waals surface area contributed by atoms with Crippen molar-refractivity contribution in [3.05, 3.63) is 50.9 Å². The molecule has 128 valence electrons. The van der Waals surface area contributed by atoms with Gasteiger partial charge in [-0.1, -0.05) is 23.4 Å². The van der Waals surface area contributed by atoms with Gasteiger partial charge in [-0.25, -0.2) is 4.98 Å². The fraction of sp³-hybridized carbons (Fsp3) is 0.444. The van der Waals surface area contributed by atoms with E-state index in [1.165, 1.54) is 0 Å². The Kier molecular flexibility index (Phi) is 6.21. The van der Waals surface area contributed by atoms with Gasteiger partial charge in [0.05, 0.1) is 12.3 Å². The Morgan fingerprint density at radius 1 is 1.17 bits per heavy atom. The maximum absolute atomic E-state index is 12.1. The summed E-state index contributed by atoms with van der Waals surface area (Å²) in [4.78, 5) is 19.6. The first-order valence-electron chi connectivity index (χ1n) is 8.35. The molecule has 0 bridgehead atoms. The van der Waals surface area contributed by atoms with E-state index in [0.717, 1.165) is 66.4 Å². The fourth-order valence-corrected chi connectivity index (χ4v) is 3.75. The number of aromatic nitrogens is 2. The summed E-state index contributed by atoms with van der Waals surface area (Å²) in [5.41, 5.74) is 1.94. The van der Waals surface area contributed by atoms with Crippen LogP contribution < -0.4 is 10.3 Å². The van der Waals surface area contributed by atoms with Crippen molar-refractivity contribution in [2.24, 2.45) is 0 Å². The zero-order valence-electron chi connectivity index (χ0n) is 13.5. The Hall–Kier alpha value is -1.46. The van der Waals surface area contributed by atoms with Gasteiger partial charge in [0.15, 0.2) is 5.16 Å². The van der Waals surface area contributed by atoms with Crippen molar-refractivity contribution in [1.82, 2.24) is 9.97 Å². The van der Waals surface area contributed by atoms with E-state index < -0.39 is 0 Å². The van der Waals surface area contributed by atoms with Crippen LogP contribution in [0.15, 0.2) is 34.2 Å². The first-order valence-corrected chi connectivity index (χ1v) is 9.72. The van der Waals surface area contributed by atoms with Gasteiger partial charge >= 0.3 is 0 Å². The molecule has 0 amide bonds. The highest BCUT2D eigenvalue weighted by Gasteiger charge is 2.15. The van der Waals surface area contributed by atoms with Crippen LogP contribution in [-0.2, 0) is 12.8 Å². The van der Waals surface area contributed by atoms with Crippen LogP contribution in [-0.4, -0.2) is 22.3 Å². The number of thioether (sulfide) groups is 1. The minimum absolute atomic E-state index is 0.0493. The van der Waals surface area contributed by atoms with Gasteiger partial charge in [-0.15, -0.1) is 0 Å². The highest BCUT2D eigenvalue weighted by Crippen LogP contribution is 2.20. The van der Waals surface area contributed by atoms with Gasteiger partial charge in [0.1, 0.15) is 5.75 Å². The van der Waals surface area contributed by atoms with Crippen LogP contribution in [0, 0.1) is 0 Å². The van der Waals surface area contributed by atoms with Gasteiger partial charge in [-0.2, -0.15) is 0 Å². The minimum Gasteiger partial charge on any atom is -0.494 e. The molecule has 0 unspecified atom stereocenters. The van der Waals surface area contributed by atoms with Crippen molar-refractivity contribution in [3.8, 4) is 5.75 Å². The van der Waals surface area contributed by atoms with Crippen molar-refractivity contribution in [1.29, 1.82) is 0 Å². The Morgan fingerprint density at radius 3 is 2.79 bits per heavy atom. The van der Waals surface area contributed by atoms with Crippen molar-refractivity contribution in [2.75, 3.05) is 12.4 Å². The number of rotatable bonds is 7. The van der Waals surface area contributed by atoms with Crippen LogP contribution in [0.2, 0.25) is 5.02 Å². The third kappa shape index (κ3) is 4.77. The lowest BCUT2D eigenvalue weighted by Crippen LogP contribution is -2.21. The number of nitrogens with one attached hydrogen (secondary N) is 1. The highest BCUT2D eigenvalue weighted by atomic mass is 35.5. The second-order valence-electron chi connectivity index (χ2n) is 5.86. The summed E-state index contributed by atoms with van der Waals surface area (Å²) in [6.07, 6.45) is 6.00. The third-order valence-electron chi connectivity index (χ3n) is 4.03. The predicted molar refractivity (Wildman–Crippen MR) is 98.4 cm³/mol. The van der Waals surface area contributed by atoms with Gasteiger partial charge < -0.3 is 9.72 Å². The smallest absolute Gasteiger partial charge is 0.254 e. The molecule has 1 aromatic carbocycles. The number of ether oxygens (including phenoxy) is 1. The van der Waals surface area contributed by atoms with Crippen LogP contribution >= 0.6 is 23.4 Å². The first-order chi connectivity index (χ1) is 11.7. The molecule has 0 aliphatic heterocycles. The van der Waals surface area contributed by atoms with Gasteiger partial charge in [-0.05, 0) is 62.8 Å². The molecular weight excluding hydrogens is 344 g/mol. The summed E-state index contributed by atoms with van der Waals surface area (Å²) in [7, 11) is 0. The number of aromatic amines is 1. The molecule has 24 heavy (non-hydrogen) atoms. The van der Waals surface area contributed by atoms with E-state index in [2.05, 4.69) is 9.97 Å². The zero-order chi connectivity index (χ0) is 16.8. The number of fused-ring (bicyclic) bond motifs is 1. The molecule has 0 saturated carbocycles. The molecule has 0 atom stereocenters. The van der Waals surface area contributed by atoms with Crippen LogP contribution in [0.1, 0.15) is 36.9 Å². The zero-order valence-corrected chi connectivity index (χ0v) is 15.1. The van der Waals surface area contributed by atoms with Crippen LogP contribution in [0.3, 0.4) is 0 Å². The molecule has 2 aromatic rings. The molecule has 4 nitrogen and oxygen atoms in total. The van der Waals surface area contributed by atoms with E-state index in [9.17, 15) is 4.79 Å². The summed E-state index contributed by atoms with van der Waals surface area (Å²) in [6.45, 7) is 0.677. The SMILES string of the molecule is O=c1[nH]c(SCCCCOc2ccc(Cl)cc2)nc2c1CCCC2. The number of unbranched alkanes of at least 4 members (excludes halogenated alkanes) is 1. The lowest BCUT2D eigenvalue weighted by Gasteiger charge is -2.14. The number of benzene rings is 1. The Bertz CT molecular complexity index is 731. The van der Waals surface area contributed by atoms with E-state index in [4.69, 9.17) is 16.3 Å². The molecule has 6 heteroatoms. The second-order valence-corrected chi connectivity index (χ2v) is 7.38. The lowest BCUT2D eigenvalue weighted by molar-refractivity contribution is 0.310. The topological polar surface area (TPSA) is 55.0 Å². The maximum atomic E-state index is 12.1. The van der Waals surface area contributed by atoms with Crippen molar-refractivity contribution in [2.45, 2.75) is 43.7 Å². The van der Waals surface area contributed by atoms with E-state index in [0.29, 0.717) is 11.6 Å². The van der Waals surface area contributed by atoms with E-state index >= 15 is 0 Å². The number of nitrogens with zero attached hydrogens (tertiary/aromatic N) is 1. The minimum atomic E-state index is 0.0493. The van der Waals surface area contributed by atoms with Crippen molar-refractivity contribution < 1.29 is 4.74 Å².